The molecule has 4 saturated heterocycles. The van der Waals surface area contributed by atoms with Gasteiger partial charge in [-0.3, -0.25) is 5.43 Å². The van der Waals surface area contributed by atoms with Crippen molar-refractivity contribution >= 4 is 40.3 Å². The Morgan fingerprint density at radius 3 is 2.56 bits per heavy atom. The number of rotatable bonds is 3. The van der Waals surface area contributed by atoms with Crippen molar-refractivity contribution in [1.29, 1.82) is 0 Å². The topological polar surface area (TPSA) is 42.9 Å². The van der Waals surface area contributed by atoms with Gasteiger partial charge in [0.1, 0.15) is 5.82 Å². The summed E-state index contributed by atoms with van der Waals surface area (Å²) in [5, 5.41) is 8.27. The van der Waals surface area contributed by atoms with E-state index in [1.54, 1.807) is 6.07 Å². The molecule has 5 nitrogen and oxygen atoms in total. The molecule has 0 aromatic heterocycles. The Bertz CT molecular complexity index is 767. The molecular weight excluding hydrogens is 385 g/mol. The molecule has 0 saturated carbocycles. The zero-order chi connectivity index (χ0) is 19.2. The highest BCUT2D eigenvalue weighted by Crippen LogP contribution is 2.43. The van der Waals surface area contributed by atoms with Gasteiger partial charge in [-0.15, -0.1) is 0 Å². The van der Waals surface area contributed by atoms with Crippen LogP contribution in [0.4, 0.5) is 10.1 Å². The number of nitrogens with one attached hydrogen (secondary N) is 2. The lowest BCUT2D eigenvalue weighted by molar-refractivity contribution is 0.0828. The third-order valence-corrected chi connectivity index (χ3v) is 6.64. The molecule has 0 radical (unpaired) electrons. The summed E-state index contributed by atoms with van der Waals surface area (Å²) in [5.41, 5.74) is 4.98. The molecule has 0 amide bonds. The number of hydrogen-bond donors (Lipinski definition) is 2. The van der Waals surface area contributed by atoms with Crippen molar-refractivity contribution in [2.24, 2.45) is 22.4 Å². The molecule has 4 aliphatic rings. The molecule has 1 aromatic rings. The number of fused-ring (bicyclic) bond motifs is 1. The van der Waals surface area contributed by atoms with Gasteiger partial charge < -0.3 is 15.1 Å². The van der Waals surface area contributed by atoms with Crippen LogP contribution >= 0.6 is 23.8 Å². The number of benzene rings is 1. The Balaban J connectivity index is 1.52. The summed E-state index contributed by atoms with van der Waals surface area (Å²) < 4.78 is 13.3. The minimum absolute atomic E-state index is 0.0632. The monoisotopic (exact) mass is 409 g/mol. The lowest BCUT2D eigenvalue weighted by atomic mass is 9.64. The van der Waals surface area contributed by atoms with Gasteiger partial charge in [-0.25, -0.2) is 4.39 Å². The van der Waals surface area contributed by atoms with Crippen LogP contribution in [0.1, 0.15) is 13.8 Å². The first-order chi connectivity index (χ1) is 12.9. The van der Waals surface area contributed by atoms with Crippen LogP contribution < -0.4 is 10.7 Å². The van der Waals surface area contributed by atoms with Crippen molar-refractivity contribution in [3.8, 4) is 0 Å². The van der Waals surface area contributed by atoms with Gasteiger partial charge in [0.05, 0.1) is 10.7 Å². The maximum Gasteiger partial charge on any atom is 0.191 e. The van der Waals surface area contributed by atoms with Crippen LogP contribution in [0.5, 0.6) is 0 Å². The summed E-state index contributed by atoms with van der Waals surface area (Å²) in [7, 11) is 0. The van der Waals surface area contributed by atoms with Crippen LogP contribution in [-0.2, 0) is 0 Å². The molecule has 27 heavy (non-hydrogen) atoms. The average molecular weight is 410 g/mol. The normalized spacial score (nSPS) is 33.4. The van der Waals surface area contributed by atoms with Gasteiger partial charge in [-0.1, -0.05) is 25.4 Å². The van der Waals surface area contributed by atoms with Gasteiger partial charge in [-0.2, -0.15) is 5.10 Å². The summed E-state index contributed by atoms with van der Waals surface area (Å²) in [4.78, 5) is 5.18. The van der Waals surface area contributed by atoms with E-state index in [9.17, 15) is 4.39 Å². The lowest BCUT2D eigenvalue weighted by Gasteiger charge is -2.52. The lowest BCUT2D eigenvalue weighted by Crippen LogP contribution is -2.63. The van der Waals surface area contributed by atoms with Crippen molar-refractivity contribution in [3.05, 3.63) is 29.0 Å². The molecule has 2 atom stereocenters. The number of piperidine rings is 2. The van der Waals surface area contributed by atoms with Crippen molar-refractivity contribution in [3.63, 3.8) is 0 Å². The molecule has 2 N–H and O–H groups in total. The second kappa shape index (κ2) is 7.28. The quantitative estimate of drug-likeness (QED) is 0.593. The average Bonchev–Trinajstić information content (AvgIpc) is 2.86. The van der Waals surface area contributed by atoms with Crippen molar-refractivity contribution in [2.45, 2.75) is 13.8 Å². The van der Waals surface area contributed by atoms with Gasteiger partial charge >= 0.3 is 0 Å². The number of thiocarbonyl (C=S) groups is 1. The van der Waals surface area contributed by atoms with Crippen LogP contribution in [0.2, 0.25) is 5.02 Å². The maximum absolute atomic E-state index is 13.3. The second-order valence-corrected chi connectivity index (χ2v) is 8.99. The van der Waals surface area contributed by atoms with E-state index < -0.39 is 5.82 Å². The van der Waals surface area contributed by atoms with Crippen LogP contribution in [-0.4, -0.2) is 59.9 Å². The standard InChI is InChI=1S/C19H25ClFN5S/c1-12(2)19-10-25-5-6-26(11-19)9-13(8-25)17(19)23-24-18(27)22-14-3-4-16(21)15(20)7-14/h3-4,7,12-13H,5-6,8-11H2,1-2H3,(H2,22,24,27)/b23-17+. The molecule has 1 aromatic carbocycles. The molecule has 2 unspecified atom stereocenters. The number of hydrogen-bond acceptors (Lipinski definition) is 4. The van der Waals surface area contributed by atoms with Gasteiger partial charge in [0.25, 0.3) is 0 Å². The summed E-state index contributed by atoms with van der Waals surface area (Å²) in [5.74, 6) is 0.490. The Morgan fingerprint density at radius 1 is 1.30 bits per heavy atom. The summed E-state index contributed by atoms with van der Waals surface area (Å²) in [6, 6.07) is 4.43. The largest absolute Gasteiger partial charge is 0.331 e. The smallest absolute Gasteiger partial charge is 0.191 e. The van der Waals surface area contributed by atoms with E-state index in [0.717, 1.165) is 39.3 Å². The molecule has 4 bridgehead atoms. The third kappa shape index (κ3) is 3.58. The molecule has 4 heterocycles. The molecule has 5 rings (SSSR count). The number of anilines is 1. The zero-order valence-electron chi connectivity index (χ0n) is 15.6. The first kappa shape index (κ1) is 19.1. The highest BCUT2D eigenvalue weighted by Gasteiger charge is 2.53. The number of halogens is 2. The predicted molar refractivity (Wildman–Crippen MR) is 112 cm³/mol. The van der Waals surface area contributed by atoms with Crippen molar-refractivity contribution < 1.29 is 4.39 Å². The molecule has 0 aliphatic carbocycles. The van der Waals surface area contributed by atoms with Crippen molar-refractivity contribution in [2.75, 3.05) is 44.6 Å². The minimum atomic E-state index is -0.449. The van der Waals surface area contributed by atoms with Gasteiger partial charge in [0.15, 0.2) is 5.11 Å². The zero-order valence-corrected chi connectivity index (χ0v) is 17.2. The van der Waals surface area contributed by atoms with Crippen LogP contribution in [0.25, 0.3) is 0 Å². The van der Waals surface area contributed by atoms with Gasteiger partial charge in [0.2, 0.25) is 0 Å². The first-order valence-electron chi connectivity index (χ1n) is 9.42. The predicted octanol–water partition coefficient (Wildman–Crippen LogP) is 3.02. The van der Waals surface area contributed by atoms with E-state index in [-0.39, 0.29) is 10.4 Å². The maximum atomic E-state index is 13.3. The number of hydrazone groups is 1. The van der Waals surface area contributed by atoms with Gasteiger partial charge in [0, 0.05) is 56.3 Å². The van der Waals surface area contributed by atoms with E-state index in [2.05, 4.69) is 34.4 Å². The van der Waals surface area contributed by atoms with Crippen LogP contribution in [0.3, 0.4) is 0 Å². The minimum Gasteiger partial charge on any atom is -0.331 e. The Morgan fingerprint density at radius 2 is 1.96 bits per heavy atom. The van der Waals surface area contributed by atoms with Crippen LogP contribution in [0.15, 0.2) is 23.3 Å². The van der Waals surface area contributed by atoms with E-state index in [1.165, 1.54) is 17.8 Å². The third-order valence-electron chi connectivity index (χ3n) is 6.16. The van der Waals surface area contributed by atoms with E-state index in [1.807, 2.05) is 0 Å². The van der Waals surface area contributed by atoms with E-state index in [4.69, 9.17) is 28.9 Å². The van der Waals surface area contributed by atoms with Crippen LogP contribution in [0, 0.1) is 23.1 Å². The SMILES string of the molecule is CC(C)C12CN3CCN(CC(C3)/C1=N\NC(=S)Nc1ccc(F)c(Cl)c1)C2. The molecule has 0 spiro atoms. The van der Waals surface area contributed by atoms with E-state index in [0.29, 0.717) is 22.6 Å². The van der Waals surface area contributed by atoms with Gasteiger partial charge in [-0.05, 0) is 36.3 Å². The Hall–Kier alpha value is -1.28. The molecule has 146 valence electrons. The first-order valence-corrected chi connectivity index (χ1v) is 10.2. The summed E-state index contributed by atoms with van der Waals surface area (Å²) in [6.07, 6.45) is 0. The second-order valence-electron chi connectivity index (χ2n) is 8.17. The van der Waals surface area contributed by atoms with Crippen molar-refractivity contribution in [1.82, 2.24) is 15.2 Å². The Kier molecular flexibility index (Phi) is 5.14. The fourth-order valence-corrected chi connectivity index (χ4v) is 5.07. The fourth-order valence-electron chi connectivity index (χ4n) is 4.73. The summed E-state index contributed by atoms with van der Waals surface area (Å²) in [6.45, 7) is 11.1. The molecule has 4 aliphatic heterocycles. The highest BCUT2D eigenvalue weighted by atomic mass is 35.5. The fraction of sp³-hybridized carbons (Fsp3) is 0.579. The molecule has 8 heteroatoms. The Labute approximate surface area is 169 Å². The molecule has 4 fully saturated rings. The molecular formula is C19H25ClFN5S. The number of nitrogens with zero attached hydrogens (tertiary/aromatic N) is 3. The highest BCUT2D eigenvalue weighted by molar-refractivity contribution is 7.80. The summed E-state index contributed by atoms with van der Waals surface area (Å²) >= 11 is 11.2. The van der Waals surface area contributed by atoms with E-state index >= 15 is 0 Å².